The van der Waals surface area contributed by atoms with E-state index in [9.17, 15) is 18.4 Å². The Bertz CT molecular complexity index is 1160. The largest absolute Gasteiger partial charge is 0.493 e. The lowest BCUT2D eigenvalue weighted by Gasteiger charge is -2.14. The predicted molar refractivity (Wildman–Crippen MR) is 106 cm³/mol. The third-order valence-corrected chi connectivity index (χ3v) is 4.55. The van der Waals surface area contributed by atoms with Crippen molar-refractivity contribution in [3.8, 4) is 17.2 Å². The number of hydrogen-bond acceptors (Lipinski definition) is 5. The fourth-order valence-electron chi connectivity index (χ4n) is 2.99. The zero-order valence-electron chi connectivity index (χ0n) is 16.6. The summed E-state index contributed by atoms with van der Waals surface area (Å²) >= 11 is 0. The standard InChI is InChI=1S/C21H20F2N2O5/c1-4-25-11-18(13-8-16(28-2)17(29-3)9-14(13)20(25)26)30-21(27)24-10-12-6-5-7-15(22)19(12)23/h5-9,11H,4,10H2,1-3H3,(H,24,27). The van der Waals surface area contributed by atoms with E-state index < -0.39 is 17.7 Å². The van der Waals surface area contributed by atoms with E-state index in [2.05, 4.69) is 5.32 Å². The molecule has 0 saturated carbocycles. The van der Waals surface area contributed by atoms with Crippen LogP contribution in [-0.4, -0.2) is 24.9 Å². The van der Waals surface area contributed by atoms with Crippen LogP contribution < -0.4 is 25.1 Å². The topological polar surface area (TPSA) is 78.8 Å². The Balaban J connectivity index is 1.94. The van der Waals surface area contributed by atoms with Crippen LogP contribution >= 0.6 is 0 Å². The molecule has 0 aliphatic carbocycles. The van der Waals surface area contributed by atoms with Gasteiger partial charge in [0.1, 0.15) is 0 Å². The maximum absolute atomic E-state index is 13.8. The number of rotatable bonds is 6. The quantitative estimate of drug-likeness (QED) is 0.662. The highest BCUT2D eigenvalue weighted by Gasteiger charge is 2.17. The number of amides is 1. The summed E-state index contributed by atoms with van der Waals surface area (Å²) in [6, 6.07) is 6.71. The molecule has 0 bridgehead atoms. The third kappa shape index (κ3) is 4.05. The Morgan fingerprint density at radius 2 is 1.73 bits per heavy atom. The van der Waals surface area contributed by atoms with E-state index in [0.29, 0.717) is 23.4 Å². The molecule has 3 rings (SSSR count). The van der Waals surface area contributed by atoms with Crippen LogP contribution in [0.4, 0.5) is 13.6 Å². The van der Waals surface area contributed by atoms with Gasteiger partial charge in [0.05, 0.1) is 25.8 Å². The summed E-state index contributed by atoms with van der Waals surface area (Å²) in [6.45, 7) is 1.84. The number of nitrogens with one attached hydrogen (secondary N) is 1. The van der Waals surface area contributed by atoms with Gasteiger partial charge in [0.25, 0.3) is 5.56 Å². The molecule has 1 aromatic heterocycles. The summed E-state index contributed by atoms with van der Waals surface area (Å²) in [6.07, 6.45) is 0.509. The lowest BCUT2D eigenvalue weighted by molar-refractivity contribution is 0.200. The Morgan fingerprint density at radius 3 is 2.37 bits per heavy atom. The first-order valence-electron chi connectivity index (χ1n) is 9.07. The third-order valence-electron chi connectivity index (χ3n) is 4.55. The number of methoxy groups -OCH3 is 2. The zero-order chi connectivity index (χ0) is 21.8. The average Bonchev–Trinajstić information content (AvgIpc) is 2.75. The number of hydrogen-bond donors (Lipinski definition) is 1. The van der Waals surface area contributed by atoms with E-state index in [1.165, 1.54) is 49.2 Å². The minimum atomic E-state index is -1.04. The molecule has 1 amide bonds. The molecule has 2 aromatic carbocycles. The molecule has 0 saturated heterocycles. The number of nitrogens with zero attached hydrogens (tertiary/aromatic N) is 1. The Hall–Kier alpha value is -3.62. The number of carbonyl (C=O) groups is 1. The second kappa shape index (κ2) is 8.81. The van der Waals surface area contributed by atoms with Crippen LogP contribution in [0.1, 0.15) is 12.5 Å². The molecular weight excluding hydrogens is 398 g/mol. The van der Waals surface area contributed by atoms with Crippen molar-refractivity contribution in [2.75, 3.05) is 14.2 Å². The van der Waals surface area contributed by atoms with Gasteiger partial charge in [0, 0.05) is 24.0 Å². The highest BCUT2D eigenvalue weighted by Crippen LogP contribution is 2.35. The Labute approximate surface area is 170 Å². The number of fused-ring (bicyclic) bond motifs is 1. The van der Waals surface area contributed by atoms with Crippen molar-refractivity contribution >= 4 is 16.9 Å². The molecule has 158 valence electrons. The summed E-state index contributed by atoms with van der Waals surface area (Å²) in [4.78, 5) is 25.0. The number of halogens is 2. The average molecular weight is 418 g/mol. The van der Waals surface area contributed by atoms with Crippen LogP contribution in [0.3, 0.4) is 0 Å². The second-order valence-corrected chi connectivity index (χ2v) is 6.29. The molecule has 0 fully saturated rings. The van der Waals surface area contributed by atoms with Gasteiger partial charge in [-0.1, -0.05) is 12.1 Å². The van der Waals surface area contributed by atoms with E-state index in [1.54, 1.807) is 6.92 Å². The molecule has 30 heavy (non-hydrogen) atoms. The van der Waals surface area contributed by atoms with Crippen molar-refractivity contribution in [2.24, 2.45) is 0 Å². The van der Waals surface area contributed by atoms with Gasteiger partial charge in [-0.25, -0.2) is 13.6 Å². The highest BCUT2D eigenvalue weighted by molar-refractivity contribution is 5.92. The van der Waals surface area contributed by atoms with Crippen LogP contribution in [0, 0.1) is 11.6 Å². The van der Waals surface area contributed by atoms with E-state index >= 15 is 0 Å². The summed E-state index contributed by atoms with van der Waals surface area (Å²) < 4.78 is 44.3. The number of pyridine rings is 1. The van der Waals surface area contributed by atoms with Crippen molar-refractivity contribution in [1.29, 1.82) is 0 Å². The number of aromatic nitrogens is 1. The van der Waals surface area contributed by atoms with E-state index in [0.717, 1.165) is 6.07 Å². The van der Waals surface area contributed by atoms with Gasteiger partial charge in [0.2, 0.25) is 0 Å². The van der Waals surface area contributed by atoms with Gasteiger partial charge >= 0.3 is 6.09 Å². The van der Waals surface area contributed by atoms with Crippen molar-refractivity contribution in [3.63, 3.8) is 0 Å². The Morgan fingerprint density at radius 1 is 1.07 bits per heavy atom. The lowest BCUT2D eigenvalue weighted by Crippen LogP contribution is -2.28. The number of aryl methyl sites for hydroxylation is 1. The molecule has 0 atom stereocenters. The molecule has 0 unspecified atom stereocenters. The van der Waals surface area contributed by atoms with Gasteiger partial charge in [-0.2, -0.15) is 0 Å². The lowest BCUT2D eigenvalue weighted by atomic mass is 10.1. The summed E-state index contributed by atoms with van der Waals surface area (Å²) in [7, 11) is 2.89. The fourth-order valence-corrected chi connectivity index (χ4v) is 2.99. The van der Waals surface area contributed by atoms with Crippen molar-refractivity contribution in [3.05, 3.63) is 64.1 Å². The van der Waals surface area contributed by atoms with Crippen LogP contribution in [0.5, 0.6) is 17.2 Å². The van der Waals surface area contributed by atoms with Gasteiger partial charge in [0.15, 0.2) is 28.9 Å². The molecule has 0 spiro atoms. The highest BCUT2D eigenvalue weighted by atomic mass is 19.2. The molecule has 0 aliphatic heterocycles. The fraction of sp³-hybridized carbons (Fsp3) is 0.238. The van der Waals surface area contributed by atoms with Gasteiger partial charge in [-0.15, -0.1) is 0 Å². The number of benzene rings is 2. The maximum atomic E-state index is 13.8. The second-order valence-electron chi connectivity index (χ2n) is 6.29. The number of carbonyl (C=O) groups excluding carboxylic acids is 1. The van der Waals surface area contributed by atoms with Crippen LogP contribution in [0.2, 0.25) is 0 Å². The van der Waals surface area contributed by atoms with Crippen molar-refractivity contribution < 1.29 is 27.8 Å². The molecule has 1 N–H and O–H groups in total. The molecular formula is C21H20F2N2O5. The summed E-state index contributed by atoms with van der Waals surface area (Å²) in [5.74, 6) is -1.24. The van der Waals surface area contributed by atoms with Crippen molar-refractivity contribution in [2.45, 2.75) is 20.0 Å². The molecule has 3 aromatic rings. The molecule has 0 radical (unpaired) electrons. The van der Waals surface area contributed by atoms with Crippen LogP contribution in [0.15, 0.2) is 41.3 Å². The predicted octanol–water partition coefficient (Wildman–Crippen LogP) is 3.61. The monoisotopic (exact) mass is 418 g/mol. The summed E-state index contributed by atoms with van der Waals surface area (Å²) in [5, 5.41) is 2.99. The van der Waals surface area contributed by atoms with Gasteiger partial charge < -0.3 is 24.1 Å². The zero-order valence-corrected chi connectivity index (χ0v) is 16.6. The Kier molecular flexibility index (Phi) is 6.20. The first-order valence-corrected chi connectivity index (χ1v) is 9.07. The van der Waals surface area contributed by atoms with E-state index in [-0.39, 0.29) is 28.8 Å². The first-order chi connectivity index (χ1) is 14.4. The SMILES string of the molecule is CCn1cc(OC(=O)NCc2cccc(F)c2F)c2cc(OC)c(OC)cc2c1=O. The van der Waals surface area contributed by atoms with Crippen LogP contribution in [-0.2, 0) is 13.1 Å². The van der Waals surface area contributed by atoms with E-state index in [1.807, 2.05) is 0 Å². The van der Waals surface area contributed by atoms with Gasteiger partial charge in [-0.3, -0.25) is 4.79 Å². The first kappa shape index (κ1) is 21.1. The minimum Gasteiger partial charge on any atom is -0.493 e. The summed E-state index contributed by atoms with van der Waals surface area (Å²) in [5.41, 5.74) is -0.315. The minimum absolute atomic E-state index is 0.0262. The maximum Gasteiger partial charge on any atom is 0.412 e. The molecule has 0 aliphatic rings. The van der Waals surface area contributed by atoms with Gasteiger partial charge in [-0.05, 0) is 25.1 Å². The van der Waals surface area contributed by atoms with Crippen molar-refractivity contribution in [1.82, 2.24) is 9.88 Å². The normalized spacial score (nSPS) is 10.7. The van der Waals surface area contributed by atoms with Crippen LogP contribution in [0.25, 0.3) is 10.8 Å². The molecule has 7 nitrogen and oxygen atoms in total. The number of ether oxygens (including phenoxy) is 3. The smallest absolute Gasteiger partial charge is 0.412 e. The van der Waals surface area contributed by atoms with E-state index in [4.69, 9.17) is 14.2 Å². The molecule has 9 heteroatoms. The molecule has 1 heterocycles.